The first-order chi connectivity index (χ1) is 14.7. The molecular formula is C19H18F3N5O4. The third-order valence-electron chi connectivity index (χ3n) is 5.04. The number of alkyl halides is 3. The number of hydrogen-bond acceptors (Lipinski definition) is 5. The molecule has 1 aliphatic rings. The van der Waals surface area contributed by atoms with Crippen LogP contribution in [0.1, 0.15) is 35.4 Å². The number of aromatic amines is 1. The molecule has 4 rings (SSSR count). The summed E-state index contributed by atoms with van der Waals surface area (Å²) in [5, 5.41) is 7.57. The number of aromatic nitrogens is 3. The number of carbonyl (C=O) groups is 2. The van der Waals surface area contributed by atoms with E-state index in [1.165, 1.54) is 18.2 Å². The summed E-state index contributed by atoms with van der Waals surface area (Å²) in [6.07, 6.45) is -1.78. The molecule has 1 saturated heterocycles. The summed E-state index contributed by atoms with van der Waals surface area (Å²) in [7, 11) is 0. The molecule has 1 aromatic carbocycles. The monoisotopic (exact) mass is 437 g/mol. The van der Waals surface area contributed by atoms with E-state index in [0.29, 0.717) is 19.2 Å². The van der Waals surface area contributed by atoms with Crippen molar-refractivity contribution in [2.45, 2.75) is 32.0 Å². The van der Waals surface area contributed by atoms with E-state index in [9.17, 15) is 27.6 Å². The summed E-state index contributed by atoms with van der Waals surface area (Å²) in [5.74, 6) is -1.80. The van der Waals surface area contributed by atoms with Gasteiger partial charge in [0.15, 0.2) is 11.3 Å². The van der Waals surface area contributed by atoms with Gasteiger partial charge in [0.2, 0.25) is 5.91 Å². The highest BCUT2D eigenvalue weighted by atomic mass is 19.4. The normalized spacial score (nSPS) is 14.7. The number of halogens is 3. The standard InChI is InChI=1S/C19H18F3N5O4/c20-19(21,22)15-9-12(24-25-15)17(29)23-11-4-5-14-13(8-11)27(18(30)31-14)10-16(28)26-6-2-1-3-7-26/h4-5,8-9H,1-3,6-7,10H2,(H,23,29)(H,24,25). The minimum atomic E-state index is -4.65. The van der Waals surface area contributed by atoms with E-state index in [-0.39, 0.29) is 29.2 Å². The van der Waals surface area contributed by atoms with Crippen LogP contribution in [0.3, 0.4) is 0 Å². The smallest absolute Gasteiger partial charge is 0.408 e. The van der Waals surface area contributed by atoms with Gasteiger partial charge in [-0.25, -0.2) is 4.79 Å². The molecule has 0 atom stereocenters. The highest BCUT2D eigenvalue weighted by Gasteiger charge is 2.33. The summed E-state index contributed by atoms with van der Waals surface area (Å²) < 4.78 is 44.3. The zero-order valence-electron chi connectivity index (χ0n) is 16.2. The van der Waals surface area contributed by atoms with E-state index in [2.05, 4.69) is 10.4 Å². The fraction of sp³-hybridized carbons (Fsp3) is 0.368. The van der Waals surface area contributed by atoms with Crippen LogP contribution in [0.15, 0.2) is 33.5 Å². The van der Waals surface area contributed by atoms with Crippen LogP contribution >= 0.6 is 0 Å². The van der Waals surface area contributed by atoms with Crippen LogP contribution in [-0.2, 0) is 17.5 Å². The van der Waals surface area contributed by atoms with Crippen molar-refractivity contribution in [1.29, 1.82) is 0 Å². The average Bonchev–Trinajstić information content (AvgIpc) is 3.34. The number of H-pyrrole nitrogens is 1. The third-order valence-corrected chi connectivity index (χ3v) is 5.04. The molecular weight excluding hydrogens is 419 g/mol. The number of nitrogens with zero attached hydrogens (tertiary/aromatic N) is 3. The predicted molar refractivity (Wildman–Crippen MR) is 102 cm³/mol. The van der Waals surface area contributed by atoms with Gasteiger partial charge < -0.3 is 14.6 Å². The summed E-state index contributed by atoms with van der Waals surface area (Å²) in [4.78, 5) is 38.7. The summed E-state index contributed by atoms with van der Waals surface area (Å²) >= 11 is 0. The lowest BCUT2D eigenvalue weighted by atomic mass is 10.1. The second-order valence-corrected chi connectivity index (χ2v) is 7.20. The molecule has 0 saturated carbocycles. The van der Waals surface area contributed by atoms with Gasteiger partial charge in [-0.3, -0.25) is 19.3 Å². The van der Waals surface area contributed by atoms with E-state index < -0.39 is 29.2 Å². The predicted octanol–water partition coefficient (Wildman–Crippen LogP) is 2.60. The number of carbonyl (C=O) groups excluding carboxylic acids is 2. The second kappa shape index (κ2) is 7.93. The fourth-order valence-corrected chi connectivity index (χ4v) is 3.45. The first-order valence-electron chi connectivity index (χ1n) is 9.57. The molecule has 1 aliphatic heterocycles. The van der Waals surface area contributed by atoms with Crippen LogP contribution in [0, 0.1) is 0 Å². The first kappa shape index (κ1) is 20.7. The number of nitrogens with one attached hydrogen (secondary N) is 2. The van der Waals surface area contributed by atoms with Gasteiger partial charge in [-0.2, -0.15) is 18.3 Å². The molecule has 3 aromatic rings. The van der Waals surface area contributed by atoms with Crippen LogP contribution in [0.5, 0.6) is 0 Å². The highest BCUT2D eigenvalue weighted by Crippen LogP contribution is 2.28. The maximum Gasteiger partial charge on any atom is 0.432 e. The van der Waals surface area contributed by atoms with Crippen molar-refractivity contribution in [3.63, 3.8) is 0 Å². The fourth-order valence-electron chi connectivity index (χ4n) is 3.45. The molecule has 0 unspecified atom stereocenters. The number of oxazole rings is 1. The third kappa shape index (κ3) is 4.32. The Morgan fingerprint density at radius 1 is 1.16 bits per heavy atom. The second-order valence-electron chi connectivity index (χ2n) is 7.20. The molecule has 12 heteroatoms. The lowest BCUT2D eigenvalue weighted by Gasteiger charge is -2.26. The molecule has 9 nitrogen and oxygen atoms in total. The number of fused-ring (bicyclic) bond motifs is 1. The van der Waals surface area contributed by atoms with Gasteiger partial charge in [0.25, 0.3) is 5.91 Å². The SMILES string of the molecule is O=C(Nc1ccc2oc(=O)n(CC(=O)N3CCCCC3)c2c1)c1cc(C(F)(F)F)[nH]n1. The Morgan fingerprint density at radius 2 is 1.90 bits per heavy atom. The van der Waals surface area contributed by atoms with Crippen molar-refractivity contribution < 1.29 is 27.2 Å². The van der Waals surface area contributed by atoms with E-state index in [4.69, 9.17) is 4.42 Å². The summed E-state index contributed by atoms with van der Waals surface area (Å²) in [5.41, 5.74) is -0.890. The van der Waals surface area contributed by atoms with E-state index in [0.717, 1.165) is 23.8 Å². The molecule has 0 aliphatic carbocycles. The summed E-state index contributed by atoms with van der Waals surface area (Å²) in [6.45, 7) is 1.06. The average molecular weight is 437 g/mol. The Labute approximate surface area is 172 Å². The van der Waals surface area contributed by atoms with Crippen molar-refractivity contribution >= 4 is 28.6 Å². The number of likely N-dealkylation sites (tertiary alicyclic amines) is 1. The van der Waals surface area contributed by atoms with E-state index in [1.54, 1.807) is 10.00 Å². The van der Waals surface area contributed by atoms with Crippen molar-refractivity contribution in [1.82, 2.24) is 19.7 Å². The van der Waals surface area contributed by atoms with Gasteiger partial charge in [-0.1, -0.05) is 0 Å². The van der Waals surface area contributed by atoms with Crippen molar-refractivity contribution in [3.05, 3.63) is 46.2 Å². The Bertz CT molecular complexity index is 1190. The minimum absolute atomic E-state index is 0.203. The Balaban J connectivity index is 1.55. The number of anilines is 1. The molecule has 2 aromatic heterocycles. The van der Waals surface area contributed by atoms with Crippen LogP contribution in [-0.4, -0.2) is 44.6 Å². The topological polar surface area (TPSA) is 113 Å². The zero-order valence-corrected chi connectivity index (χ0v) is 16.2. The number of rotatable bonds is 4. The van der Waals surface area contributed by atoms with Gasteiger partial charge in [0, 0.05) is 24.8 Å². The number of benzene rings is 1. The van der Waals surface area contributed by atoms with E-state index in [1.807, 2.05) is 0 Å². The van der Waals surface area contributed by atoms with Gasteiger partial charge in [-0.05, 0) is 37.5 Å². The molecule has 2 amide bonds. The van der Waals surface area contributed by atoms with Crippen LogP contribution in [0.25, 0.3) is 11.1 Å². The molecule has 3 heterocycles. The molecule has 0 spiro atoms. The van der Waals surface area contributed by atoms with Crippen LogP contribution < -0.4 is 11.1 Å². The van der Waals surface area contributed by atoms with Crippen LogP contribution in [0.4, 0.5) is 18.9 Å². The molecule has 31 heavy (non-hydrogen) atoms. The largest absolute Gasteiger partial charge is 0.432 e. The Morgan fingerprint density at radius 3 is 2.58 bits per heavy atom. The van der Waals surface area contributed by atoms with Crippen LogP contribution in [0.2, 0.25) is 0 Å². The maximum atomic E-state index is 12.7. The summed E-state index contributed by atoms with van der Waals surface area (Å²) in [6, 6.07) is 4.87. The van der Waals surface area contributed by atoms with Crippen molar-refractivity contribution in [3.8, 4) is 0 Å². The van der Waals surface area contributed by atoms with Crippen molar-refractivity contribution in [2.75, 3.05) is 18.4 Å². The number of piperidine rings is 1. The maximum absolute atomic E-state index is 12.7. The lowest BCUT2D eigenvalue weighted by molar-refractivity contribution is -0.141. The quantitative estimate of drug-likeness (QED) is 0.652. The number of amides is 2. The van der Waals surface area contributed by atoms with Gasteiger partial charge >= 0.3 is 11.9 Å². The number of hydrogen-bond donors (Lipinski definition) is 2. The molecule has 164 valence electrons. The molecule has 0 bridgehead atoms. The van der Waals surface area contributed by atoms with Gasteiger partial charge in [0.1, 0.15) is 12.2 Å². The zero-order chi connectivity index (χ0) is 22.2. The van der Waals surface area contributed by atoms with E-state index >= 15 is 0 Å². The first-order valence-corrected chi connectivity index (χ1v) is 9.57. The Kier molecular flexibility index (Phi) is 5.29. The molecule has 2 N–H and O–H groups in total. The van der Waals surface area contributed by atoms with Crippen molar-refractivity contribution in [2.24, 2.45) is 0 Å². The van der Waals surface area contributed by atoms with Gasteiger partial charge in [0.05, 0.1) is 5.52 Å². The molecule has 0 radical (unpaired) electrons. The lowest BCUT2D eigenvalue weighted by Crippen LogP contribution is -2.39. The highest BCUT2D eigenvalue weighted by molar-refractivity contribution is 6.03. The minimum Gasteiger partial charge on any atom is -0.408 e. The Hall–Kier alpha value is -3.57. The molecule has 1 fully saturated rings. The van der Waals surface area contributed by atoms with Gasteiger partial charge in [-0.15, -0.1) is 0 Å².